The van der Waals surface area contributed by atoms with E-state index in [0.717, 1.165) is 17.6 Å². The van der Waals surface area contributed by atoms with Crippen molar-refractivity contribution in [2.45, 2.75) is 20.8 Å². The molecule has 5 nitrogen and oxygen atoms in total. The summed E-state index contributed by atoms with van der Waals surface area (Å²) in [7, 11) is 0. The van der Waals surface area contributed by atoms with Gasteiger partial charge in [0, 0.05) is 36.1 Å². The third kappa shape index (κ3) is 2.99. The molecule has 5 heteroatoms. The number of hydrogen-bond donors (Lipinski definition) is 1. The van der Waals surface area contributed by atoms with E-state index in [2.05, 4.69) is 31.1 Å². The van der Waals surface area contributed by atoms with Gasteiger partial charge in [-0.3, -0.25) is 15.1 Å². The topological polar surface area (TPSA) is 68.1 Å². The van der Waals surface area contributed by atoms with E-state index in [-0.39, 0.29) is 16.0 Å². The van der Waals surface area contributed by atoms with E-state index in [4.69, 9.17) is 0 Å². The van der Waals surface area contributed by atoms with Gasteiger partial charge in [0.15, 0.2) is 0 Å². The Balaban J connectivity index is 2.47. The van der Waals surface area contributed by atoms with Gasteiger partial charge < -0.3 is 5.32 Å². The van der Waals surface area contributed by atoms with Gasteiger partial charge in [-0.2, -0.15) is 0 Å². The summed E-state index contributed by atoms with van der Waals surface area (Å²) in [6.07, 6.45) is 3.23. The van der Waals surface area contributed by atoms with Crippen molar-refractivity contribution in [2.75, 3.05) is 11.9 Å². The predicted molar refractivity (Wildman–Crippen MR) is 76.3 cm³/mol. The van der Waals surface area contributed by atoms with Crippen LogP contribution in [0.15, 0.2) is 30.6 Å². The van der Waals surface area contributed by atoms with Crippen LogP contribution in [0.25, 0.3) is 10.8 Å². The maximum absolute atomic E-state index is 11.0. The fourth-order valence-electron chi connectivity index (χ4n) is 1.85. The summed E-state index contributed by atoms with van der Waals surface area (Å²) in [5.41, 5.74) is 1.12. The minimum atomic E-state index is -0.365. The summed E-state index contributed by atoms with van der Waals surface area (Å²) in [4.78, 5) is 14.7. The van der Waals surface area contributed by atoms with Crippen LogP contribution in [0.1, 0.15) is 20.8 Å². The quantitative estimate of drug-likeness (QED) is 0.675. The molecule has 0 aliphatic carbocycles. The van der Waals surface area contributed by atoms with Crippen molar-refractivity contribution < 1.29 is 4.92 Å². The first-order chi connectivity index (χ1) is 8.88. The fourth-order valence-corrected chi connectivity index (χ4v) is 1.85. The summed E-state index contributed by atoms with van der Waals surface area (Å²) in [6, 6.07) is 4.96. The molecule has 1 aromatic carbocycles. The average Bonchev–Trinajstić information content (AvgIpc) is 2.34. The number of hydrogen-bond acceptors (Lipinski definition) is 4. The summed E-state index contributed by atoms with van der Waals surface area (Å²) in [5.74, 6) is 0. The van der Waals surface area contributed by atoms with Gasteiger partial charge in [-0.1, -0.05) is 20.8 Å². The maximum atomic E-state index is 11.0. The van der Waals surface area contributed by atoms with E-state index in [9.17, 15) is 10.1 Å². The van der Waals surface area contributed by atoms with Gasteiger partial charge in [0.1, 0.15) is 0 Å². The van der Waals surface area contributed by atoms with E-state index in [1.165, 1.54) is 6.07 Å². The zero-order valence-corrected chi connectivity index (χ0v) is 11.3. The molecule has 0 spiro atoms. The normalized spacial score (nSPS) is 11.5. The van der Waals surface area contributed by atoms with Crippen molar-refractivity contribution in [3.63, 3.8) is 0 Å². The van der Waals surface area contributed by atoms with Crippen LogP contribution in [0, 0.1) is 15.5 Å². The molecule has 1 aromatic heterocycles. The lowest BCUT2D eigenvalue weighted by molar-refractivity contribution is -0.383. The number of non-ortho nitro benzene ring substituents is 1. The Hall–Kier alpha value is -2.17. The molecule has 2 aromatic rings. The molecule has 0 saturated carbocycles. The highest BCUT2D eigenvalue weighted by Gasteiger charge is 2.15. The lowest BCUT2D eigenvalue weighted by Crippen LogP contribution is -2.19. The van der Waals surface area contributed by atoms with Crippen LogP contribution in [0.4, 0.5) is 11.4 Å². The van der Waals surface area contributed by atoms with Gasteiger partial charge in [-0.05, 0) is 17.5 Å². The predicted octanol–water partition coefficient (Wildman–Crippen LogP) is 3.60. The number of nitro benzene ring substituents is 1. The molecule has 1 heterocycles. The molecule has 0 amide bonds. The second-order valence-electron chi connectivity index (χ2n) is 5.72. The molecule has 0 unspecified atom stereocenters. The number of nitro groups is 1. The summed E-state index contributed by atoms with van der Waals surface area (Å²) in [6.45, 7) is 7.18. The zero-order valence-electron chi connectivity index (χ0n) is 11.3. The number of nitrogens with one attached hydrogen (secondary N) is 1. The number of rotatable bonds is 3. The van der Waals surface area contributed by atoms with Crippen molar-refractivity contribution in [1.82, 2.24) is 4.98 Å². The monoisotopic (exact) mass is 259 g/mol. The Labute approximate surface area is 111 Å². The van der Waals surface area contributed by atoms with Crippen molar-refractivity contribution >= 4 is 22.1 Å². The molecule has 2 rings (SSSR count). The Kier molecular flexibility index (Phi) is 3.38. The number of benzene rings is 1. The molecule has 0 atom stereocenters. The van der Waals surface area contributed by atoms with E-state index in [1.54, 1.807) is 24.5 Å². The lowest BCUT2D eigenvalue weighted by Gasteiger charge is -2.20. The van der Waals surface area contributed by atoms with Gasteiger partial charge in [0.05, 0.1) is 10.3 Å². The first-order valence-corrected chi connectivity index (χ1v) is 6.13. The summed E-state index contributed by atoms with van der Waals surface area (Å²) in [5, 5.41) is 15.7. The average molecular weight is 259 g/mol. The Morgan fingerprint density at radius 2 is 2.00 bits per heavy atom. The first kappa shape index (κ1) is 13.3. The van der Waals surface area contributed by atoms with Crippen molar-refractivity contribution in [1.29, 1.82) is 0 Å². The number of aromatic nitrogens is 1. The van der Waals surface area contributed by atoms with Gasteiger partial charge >= 0.3 is 0 Å². The number of pyridine rings is 1. The van der Waals surface area contributed by atoms with Gasteiger partial charge in [-0.25, -0.2) is 0 Å². The lowest BCUT2D eigenvalue weighted by atomic mass is 9.96. The maximum Gasteiger partial charge on any atom is 0.277 e. The first-order valence-electron chi connectivity index (χ1n) is 6.13. The van der Waals surface area contributed by atoms with E-state index < -0.39 is 0 Å². The van der Waals surface area contributed by atoms with Crippen LogP contribution < -0.4 is 5.32 Å². The van der Waals surface area contributed by atoms with Gasteiger partial charge in [-0.15, -0.1) is 0 Å². The largest absolute Gasteiger partial charge is 0.384 e. The van der Waals surface area contributed by atoms with Crippen molar-refractivity contribution in [3.05, 3.63) is 40.7 Å². The number of fused-ring (bicyclic) bond motifs is 1. The molecule has 0 aliphatic heterocycles. The van der Waals surface area contributed by atoms with Crippen LogP contribution >= 0.6 is 0 Å². The third-order valence-electron chi connectivity index (χ3n) is 2.80. The smallest absolute Gasteiger partial charge is 0.277 e. The molecule has 0 fully saturated rings. The highest BCUT2D eigenvalue weighted by atomic mass is 16.6. The molecule has 0 radical (unpaired) electrons. The zero-order chi connectivity index (χ0) is 14.0. The fraction of sp³-hybridized carbons (Fsp3) is 0.357. The van der Waals surface area contributed by atoms with E-state index in [0.29, 0.717) is 5.39 Å². The summed E-state index contributed by atoms with van der Waals surface area (Å²) < 4.78 is 0. The standard InChI is InChI=1S/C14H17N3O2/c1-14(2,3)9-16-12-4-5-13(17(18)19)10-6-7-15-8-11(10)12/h4-8,16H,9H2,1-3H3. The number of anilines is 1. The van der Waals surface area contributed by atoms with E-state index in [1.807, 2.05) is 0 Å². The molecular weight excluding hydrogens is 242 g/mol. The second kappa shape index (κ2) is 4.84. The molecule has 0 bridgehead atoms. The van der Waals surface area contributed by atoms with Gasteiger partial charge in [0.2, 0.25) is 0 Å². The second-order valence-corrected chi connectivity index (χ2v) is 5.72. The van der Waals surface area contributed by atoms with Crippen LogP contribution in [-0.2, 0) is 0 Å². The number of nitrogens with zero attached hydrogens (tertiary/aromatic N) is 2. The van der Waals surface area contributed by atoms with Crippen LogP contribution in [-0.4, -0.2) is 16.5 Å². The minimum absolute atomic E-state index is 0.110. The van der Waals surface area contributed by atoms with Crippen LogP contribution in [0.5, 0.6) is 0 Å². The van der Waals surface area contributed by atoms with Crippen molar-refractivity contribution in [3.8, 4) is 0 Å². The molecule has 0 aliphatic rings. The highest BCUT2D eigenvalue weighted by molar-refractivity contribution is 5.99. The summed E-state index contributed by atoms with van der Waals surface area (Å²) >= 11 is 0. The highest BCUT2D eigenvalue weighted by Crippen LogP contribution is 2.31. The Bertz CT molecular complexity index is 618. The van der Waals surface area contributed by atoms with Crippen LogP contribution in [0.2, 0.25) is 0 Å². The molecule has 19 heavy (non-hydrogen) atoms. The molecule has 1 N–H and O–H groups in total. The van der Waals surface area contributed by atoms with Crippen molar-refractivity contribution in [2.24, 2.45) is 5.41 Å². The Morgan fingerprint density at radius 3 is 2.63 bits per heavy atom. The van der Waals surface area contributed by atoms with Gasteiger partial charge in [0.25, 0.3) is 5.69 Å². The molecule has 100 valence electrons. The molecule has 0 saturated heterocycles. The van der Waals surface area contributed by atoms with E-state index >= 15 is 0 Å². The minimum Gasteiger partial charge on any atom is -0.384 e. The molecular formula is C14H17N3O2. The SMILES string of the molecule is CC(C)(C)CNc1ccc([N+](=O)[O-])c2ccncc12. The third-order valence-corrected chi connectivity index (χ3v) is 2.80. The Morgan fingerprint density at radius 1 is 1.26 bits per heavy atom. The van der Waals surface area contributed by atoms with Crippen LogP contribution in [0.3, 0.4) is 0 Å².